The van der Waals surface area contributed by atoms with Crippen LogP contribution < -0.4 is 0 Å². The first-order valence-corrected chi connectivity index (χ1v) is 6.09. The molecule has 0 amide bonds. The molecule has 2 rings (SSSR count). The van der Waals surface area contributed by atoms with Gasteiger partial charge in [0.05, 0.1) is 0 Å². The average Bonchev–Trinajstić information content (AvgIpc) is 2.30. The molecule has 0 radical (unpaired) electrons. The van der Waals surface area contributed by atoms with Crippen LogP contribution in [0.2, 0.25) is 0 Å². The number of rotatable bonds is 2. The summed E-state index contributed by atoms with van der Waals surface area (Å²) in [6.45, 7) is 0. The van der Waals surface area contributed by atoms with Gasteiger partial charge in [-0.2, -0.15) is 0 Å². The molecule has 0 heterocycles. The predicted octanol–water partition coefficient (Wildman–Crippen LogP) is 3.41. The van der Waals surface area contributed by atoms with Gasteiger partial charge < -0.3 is 4.90 Å². The fraction of sp³-hybridized carbons (Fsp3) is 0.571. The minimum absolute atomic E-state index is 0.0317. The monoisotopic (exact) mass is 221 g/mol. The Balaban J connectivity index is 2.02. The van der Waals surface area contributed by atoms with Crippen molar-refractivity contribution in [3.8, 4) is 0 Å². The Labute approximate surface area is 97.3 Å². The number of hydrogen-bond donors (Lipinski definition) is 0. The Bertz CT molecular complexity index is 340. The van der Waals surface area contributed by atoms with Crippen LogP contribution in [-0.4, -0.2) is 25.0 Å². The SMILES string of the molecule is CN(C)C1CCC(c2ccccc2F)CC1. The molecule has 0 aliphatic heterocycles. The number of hydrogen-bond acceptors (Lipinski definition) is 1. The Kier molecular flexibility index (Phi) is 3.59. The number of benzene rings is 1. The lowest BCUT2D eigenvalue weighted by Gasteiger charge is -2.32. The van der Waals surface area contributed by atoms with E-state index in [1.807, 2.05) is 12.1 Å². The van der Waals surface area contributed by atoms with Gasteiger partial charge in [0.25, 0.3) is 0 Å². The summed E-state index contributed by atoms with van der Waals surface area (Å²) in [5, 5.41) is 0. The van der Waals surface area contributed by atoms with Crippen LogP contribution in [0.25, 0.3) is 0 Å². The maximum Gasteiger partial charge on any atom is 0.126 e. The summed E-state index contributed by atoms with van der Waals surface area (Å²) in [5.74, 6) is 0.396. The summed E-state index contributed by atoms with van der Waals surface area (Å²) in [7, 11) is 4.27. The van der Waals surface area contributed by atoms with Crippen LogP contribution in [0.3, 0.4) is 0 Å². The second-order valence-corrected chi connectivity index (χ2v) is 4.99. The molecular weight excluding hydrogens is 201 g/mol. The summed E-state index contributed by atoms with van der Waals surface area (Å²) in [6.07, 6.45) is 4.60. The van der Waals surface area contributed by atoms with Crippen molar-refractivity contribution < 1.29 is 4.39 Å². The van der Waals surface area contributed by atoms with Crippen molar-refractivity contribution in [1.82, 2.24) is 4.90 Å². The van der Waals surface area contributed by atoms with Crippen molar-refractivity contribution in [2.45, 2.75) is 37.6 Å². The Morgan fingerprint density at radius 3 is 2.25 bits per heavy atom. The highest BCUT2D eigenvalue weighted by Crippen LogP contribution is 2.35. The van der Waals surface area contributed by atoms with E-state index in [0.29, 0.717) is 12.0 Å². The lowest BCUT2D eigenvalue weighted by molar-refractivity contribution is 0.215. The molecule has 88 valence electrons. The van der Waals surface area contributed by atoms with E-state index in [1.54, 1.807) is 12.1 Å². The molecular formula is C14H20FN. The van der Waals surface area contributed by atoms with Crippen LogP contribution in [0.4, 0.5) is 4.39 Å². The van der Waals surface area contributed by atoms with Crippen molar-refractivity contribution >= 4 is 0 Å². The van der Waals surface area contributed by atoms with Gasteiger partial charge in [-0.3, -0.25) is 0 Å². The van der Waals surface area contributed by atoms with Crippen molar-refractivity contribution in [3.05, 3.63) is 35.6 Å². The van der Waals surface area contributed by atoms with Gasteiger partial charge in [-0.15, -0.1) is 0 Å². The van der Waals surface area contributed by atoms with Gasteiger partial charge in [0.2, 0.25) is 0 Å². The van der Waals surface area contributed by atoms with E-state index < -0.39 is 0 Å². The van der Waals surface area contributed by atoms with E-state index in [1.165, 1.54) is 12.8 Å². The Morgan fingerprint density at radius 1 is 1.06 bits per heavy atom. The summed E-state index contributed by atoms with van der Waals surface area (Å²) in [5.41, 5.74) is 0.916. The molecule has 1 fully saturated rings. The van der Waals surface area contributed by atoms with Gasteiger partial charge in [0, 0.05) is 6.04 Å². The van der Waals surface area contributed by atoms with E-state index in [0.717, 1.165) is 18.4 Å². The second kappa shape index (κ2) is 4.96. The van der Waals surface area contributed by atoms with Gasteiger partial charge in [-0.05, 0) is 57.3 Å². The van der Waals surface area contributed by atoms with Crippen LogP contribution >= 0.6 is 0 Å². The number of nitrogens with zero attached hydrogens (tertiary/aromatic N) is 1. The molecule has 1 aromatic carbocycles. The molecule has 1 saturated carbocycles. The van der Waals surface area contributed by atoms with Crippen molar-refractivity contribution in [2.75, 3.05) is 14.1 Å². The molecule has 0 saturated heterocycles. The molecule has 2 heteroatoms. The first-order valence-electron chi connectivity index (χ1n) is 6.09. The van der Waals surface area contributed by atoms with Crippen molar-refractivity contribution in [1.29, 1.82) is 0 Å². The maximum atomic E-state index is 13.6. The van der Waals surface area contributed by atoms with Crippen LogP contribution in [0.1, 0.15) is 37.2 Å². The average molecular weight is 221 g/mol. The normalized spacial score (nSPS) is 26.0. The summed E-state index contributed by atoms with van der Waals surface area (Å²) in [4.78, 5) is 2.29. The summed E-state index contributed by atoms with van der Waals surface area (Å²) in [6, 6.07) is 7.91. The molecule has 0 spiro atoms. The van der Waals surface area contributed by atoms with E-state index in [2.05, 4.69) is 19.0 Å². The maximum absolute atomic E-state index is 13.6. The van der Waals surface area contributed by atoms with E-state index in [9.17, 15) is 4.39 Å². The fourth-order valence-corrected chi connectivity index (χ4v) is 2.71. The molecule has 16 heavy (non-hydrogen) atoms. The quantitative estimate of drug-likeness (QED) is 0.739. The predicted molar refractivity (Wildman–Crippen MR) is 65.1 cm³/mol. The van der Waals surface area contributed by atoms with Crippen molar-refractivity contribution in [2.24, 2.45) is 0 Å². The largest absolute Gasteiger partial charge is 0.306 e. The highest BCUT2D eigenvalue weighted by atomic mass is 19.1. The van der Waals surface area contributed by atoms with Crippen LogP contribution in [0.5, 0.6) is 0 Å². The Morgan fingerprint density at radius 2 is 1.69 bits per heavy atom. The zero-order valence-corrected chi connectivity index (χ0v) is 10.1. The minimum atomic E-state index is -0.0317. The van der Waals surface area contributed by atoms with Crippen LogP contribution in [0, 0.1) is 5.82 Å². The molecule has 0 bridgehead atoms. The molecule has 0 N–H and O–H groups in total. The zero-order chi connectivity index (χ0) is 11.5. The van der Waals surface area contributed by atoms with Crippen molar-refractivity contribution in [3.63, 3.8) is 0 Å². The smallest absolute Gasteiger partial charge is 0.126 e. The van der Waals surface area contributed by atoms with Gasteiger partial charge in [-0.25, -0.2) is 4.39 Å². The molecule has 1 aliphatic rings. The molecule has 0 unspecified atom stereocenters. The van der Waals surface area contributed by atoms with Crippen LogP contribution in [-0.2, 0) is 0 Å². The third-order valence-corrected chi connectivity index (χ3v) is 3.77. The van der Waals surface area contributed by atoms with E-state index in [-0.39, 0.29) is 5.82 Å². The minimum Gasteiger partial charge on any atom is -0.306 e. The van der Waals surface area contributed by atoms with E-state index >= 15 is 0 Å². The summed E-state index contributed by atoms with van der Waals surface area (Å²) < 4.78 is 13.6. The third kappa shape index (κ3) is 2.43. The zero-order valence-electron chi connectivity index (χ0n) is 10.1. The van der Waals surface area contributed by atoms with E-state index in [4.69, 9.17) is 0 Å². The first kappa shape index (κ1) is 11.6. The molecule has 1 aromatic rings. The van der Waals surface area contributed by atoms with Gasteiger partial charge in [0.1, 0.15) is 5.82 Å². The lowest BCUT2D eigenvalue weighted by atomic mass is 9.81. The molecule has 1 nitrogen and oxygen atoms in total. The second-order valence-electron chi connectivity index (χ2n) is 4.99. The molecule has 0 atom stereocenters. The highest BCUT2D eigenvalue weighted by molar-refractivity contribution is 5.22. The van der Waals surface area contributed by atoms with Gasteiger partial charge >= 0.3 is 0 Å². The third-order valence-electron chi connectivity index (χ3n) is 3.77. The van der Waals surface area contributed by atoms with Crippen LogP contribution in [0.15, 0.2) is 24.3 Å². The highest BCUT2D eigenvalue weighted by Gasteiger charge is 2.24. The first-order chi connectivity index (χ1) is 7.68. The Hall–Kier alpha value is -0.890. The lowest BCUT2D eigenvalue weighted by Crippen LogP contribution is -2.31. The van der Waals surface area contributed by atoms with Gasteiger partial charge in [0.15, 0.2) is 0 Å². The number of halogens is 1. The summed E-state index contributed by atoms with van der Waals surface area (Å²) >= 11 is 0. The van der Waals surface area contributed by atoms with Gasteiger partial charge in [-0.1, -0.05) is 18.2 Å². The fourth-order valence-electron chi connectivity index (χ4n) is 2.71. The topological polar surface area (TPSA) is 3.24 Å². The standard InChI is InChI=1S/C14H20FN/c1-16(2)12-9-7-11(8-10-12)13-5-3-4-6-14(13)15/h3-6,11-12H,7-10H2,1-2H3. The molecule has 0 aromatic heterocycles. The molecule has 1 aliphatic carbocycles.